The van der Waals surface area contributed by atoms with E-state index in [-0.39, 0.29) is 5.91 Å². The number of anilines is 2. The van der Waals surface area contributed by atoms with Crippen molar-refractivity contribution in [1.29, 1.82) is 5.26 Å². The second-order valence-corrected chi connectivity index (χ2v) is 5.11. The number of benzene rings is 2. The van der Waals surface area contributed by atoms with E-state index in [0.717, 1.165) is 5.69 Å². The molecule has 0 fully saturated rings. The first-order valence-electron chi connectivity index (χ1n) is 6.29. The van der Waals surface area contributed by atoms with Gasteiger partial charge < -0.3 is 10.2 Å². The van der Waals surface area contributed by atoms with Crippen molar-refractivity contribution in [3.63, 3.8) is 0 Å². The Morgan fingerprint density at radius 1 is 1.24 bits per heavy atom. The van der Waals surface area contributed by atoms with E-state index in [1.165, 1.54) is 0 Å². The van der Waals surface area contributed by atoms with Gasteiger partial charge in [-0.05, 0) is 36.4 Å². The van der Waals surface area contributed by atoms with E-state index in [0.29, 0.717) is 21.8 Å². The average Bonchev–Trinajstić information content (AvgIpc) is 2.49. The lowest BCUT2D eigenvalue weighted by atomic mass is 10.1. The van der Waals surface area contributed by atoms with Gasteiger partial charge in [-0.25, -0.2) is 0 Å². The molecule has 0 heterocycles. The van der Waals surface area contributed by atoms with Crippen molar-refractivity contribution in [3.8, 4) is 6.07 Å². The molecule has 0 spiro atoms. The number of hydrogen-bond donors (Lipinski definition) is 1. The van der Waals surface area contributed by atoms with Crippen molar-refractivity contribution in [2.24, 2.45) is 0 Å². The van der Waals surface area contributed by atoms with Gasteiger partial charge in [0, 0.05) is 25.3 Å². The van der Waals surface area contributed by atoms with Crippen molar-refractivity contribution in [3.05, 3.63) is 58.6 Å². The number of carbonyl (C=O) groups excluding carboxylic acids is 1. The van der Waals surface area contributed by atoms with Crippen LogP contribution in [-0.4, -0.2) is 20.0 Å². The van der Waals surface area contributed by atoms with Gasteiger partial charge in [0.15, 0.2) is 0 Å². The molecule has 2 aromatic rings. The summed E-state index contributed by atoms with van der Waals surface area (Å²) in [6.45, 7) is 0. The first kappa shape index (κ1) is 14.9. The molecule has 2 rings (SSSR count). The molecule has 2 aromatic carbocycles. The van der Waals surface area contributed by atoms with E-state index < -0.39 is 0 Å². The highest BCUT2D eigenvalue weighted by Crippen LogP contribution is 2.24. The Hall–Kier alpha value is -2.51. The molecule has 0 unspecified atom stereocenters. The standard InChI is InChI=1S/C16H14ClN3O/c1-20(2)13-5-3-4-12(9-13)16(21)19-15-8-11(10-18)6-7-14(15)17/h3-9H,1-2H3,(H,19,21). The molecular weight excluding hydrogens is 286 g/mol. The third kappa shape index (κ3) is 3.53. The Balaban J connectivity index is 2.26. The average molecular weight is 300 g/mol. The number of nitriles is 1. The molecule has 0 bridgehead atoms. The summed E-state index contributed by atoms with van der Waals surface area (Å²) in [5, 5.41) is 12.0. The highest BCUT2D eigenvalue weighted by molar-refractivity contribution is 6.34. The van der Waals surface area contributed by atoms with Gasteiger partial charge in [-0.1, -0.05) is 17.7 Å². The molecule has 0 radical (unpaired) electrons. The molecule has 106 valence electrons. The van der Waals surface area contributed by atoms with Crippen molar-refractivity contribution in [2.45, 2.75) is 0 Å². The summed E-state index contributed by atoms with van der Waals surface area (Å²) in [7, 11) is 3.81. The molecule has 1 amide bonds. The number of rotatable bonds is 3. The van der Waals surface area contributed by atoms with Crippen molar-refractivity contribution < 1.29 is 4.79 Å². The molecule has 0 saturated carbocycles. The lowest BCUT2D eigenvalue weighted by molar-refractivity contribution is 0.102. The number of carbonyl (C=O) groups is 1. The minimum absolute atomic E-state index is 0.268. The minimum Gasteiger partial charge on any atom is -0.378 e. The van der Waals surface area contributed by atoms with Crippen LogP contribution < -0.4 is 10.2 Å². The molecule has 0 aliphatic rings. The van der Waals surface area contributed by atoms with Crippen LogP contribution in [0.25, 0.3) is 0 Å². The van der Waals surface area contributed by atoms with Crippen LogP contribution >= 0.6 is 11.6 Å². The highest BCUT2D eigenvalue weighted by atomic mass is 35.5. The van der Waals surface area contributed by atoms with Crippen molar-refractivity contribution in [1.82, 2.24) is 0 Å². The Kier molecular flexibility index (Phi) is 4.46. The third-order valence-corrected chi connectivity index (χ3v) is 3.30. The van der Waals surface area contributed by atoms with E-state index in [2.05, 4.69) is 5.32 Å². The monoisotopic (exact) mass is 299 g/mol. The molecule has 0 aliphatic heterocycles. The van der Waals surface area contributed by atoms with Gasteiger partial charge in [0.25, 0.3) is 5.91 Å². The lowest BCUT2D eigenvalue weighted by Gasteiger charge is -2.14. The molecule has 0 saturated heterocycles. The zero-order valence-electron chi connectivity index (χ0n) is 11.7. The summed E-state index contributed by atoms with van der Waals surface area (Å²) in [5.74, 6) is -0.268. The van der Waals surface area contributed by atoms with Crippen LogP contribution in [0, 0.1) is 11.3 Å². The van der Waals surface area contributed by atoms with E-state index in [1.54, 1.807) is 30.3 Å². The number of halogens is 1. The predicted octanol–water partition coefficient (Wildman–Crippen LogP) is 3.53. The summed E-state index contributed by atoms with van der Waals surface area (Å²) >= 11 is 6.03. The van der Waals surface area contributed by atoms with E-state index in [9.17, 15) is 4.79 Å². The Morgan fingerprint density at radius 2 is 2.00 bits per heavy atom. The fourth-order valence-electron chi connectivity index (χ4n) is 1.81. The number of hydrogen-bond acceptors (Lipinski definition) is 3. The predicted molar refractivity (Wildman–Crippen MR) is 84.9 cm³/mol. The van der Waals surface area contributed by atoms with Gasteiger partial charge >= 0.3 is 0 Å². The Labute approximate surface area is 128 Å². The van der Waals surface area contributed by atoms with E-state index >= 15 is 0 Å². The van der Waals surface area contributed by atoms with Crippen LogP contribution in [0.1, 0.15) is 15.9 Å². The van der Waals surface area contributed by atoms with Crippen LogP contribution in [0.5, 0.6) is 0 Å². The fraction of sp³-hybridized carbons (Fsp3) is 0.125. The second kappa shape index (κ2) is 6.29. The largest absolute Gasteiger partial charge is 0.378 e. The maximum absolute atomic E-state index is 12.3. The number of amides is 1. The molecule has 5 heteroatoms. The zero-order valence-corrected chi connectivity index (χ0v) is 12.5. The van der Waals surface area contributed by atoms with E-state index in [4.69, 9.17) is 16.9 Å². The van der Waals surface area contributed by atoms with Crippen LogP contribution in [0.15, 0.2) is 42.5 Å². The maximum atomic E-state index is 12.3. The molecule has 1 N–H and O–H groups in total. The van der Waals surface area contributed by atoms with Gasteiger partial charge in [0.1, 0.15) is 0 Å². The minimum atomic E-state index is -0.268. The number of nitrogens with one attached hydrogen (secondary N) is 1. The van der Waals surface area contributed by atoms with E-state index in [1.807, 2.05) is 37.2 Å². The third-order valence-electron chi connectivity index (χ3n) is 2.97. The molecule has 4 nitrogen and oxygen atoms in total. The van der Waals surface area contributed by atoms with Crippen LogP contribution in [-0.2, 0) is 0 Å². The highest BCUT2D eigenvalue weighted by Gasteiger charge is 2.10. The van der Waals surface area contributed by atoms with Gasteiger partial charge in [-0.15, -0.1) is 0 Å². The quantitative estimate of drug-likeness (QED) is 0.943. The second-order valence-electron chi connectivity index (χ2n) is 4.71. The molecule has 0 aromatic heterocycles. The topological polar surface area (TPSA) is 56.1 Å². The maximum Gasteiger partial charge on any atom is 0.255 e. The van der Waals surface area contributed by atoms with Gasteiger partial charge in [0.05, 0.1) is 22.3 Å². The summed E-state index contributed by atoms with van der Waals surface area (Å²) in [6.07, 6.45) is 0. The first-order chi connectivity index (χ1) is 10.0. The molecule has 0 aliphatic carbocycles. The van der Waals surface area contributed by atoms with Gasteiger partial charge in [0.2, 0.25) is 0 Å². The Morgan fingerprint density at radius 3 is 2.67 bits per heavy atom. The van der Waals surface area contributed by atoms with Crippen molar-refractivity contribution in [2.75, 3.05) is 24.3 Å². The normalized spacial score (nSPS) is 9.81. The lowest BCUT2D eigenvalue weighted by Crippen LogP contribution is -2.14. The molecule has 21 heavy (non-hydrogen) atoms. The summed E-state index contributed by atoms with van der Waals surface area (Å²) in [4.78, 5) is 14.2. The van der Waals surface area contributed by atoms with Crippen LogP contribution in [0.3, 0.4) is 0 Å². The fourth-order valence-corrected chi connectivity index (χ4v) is 1.98. The van der Waals surface area contributed by atoms with Crippen LogP contribution in [0.4, 0.5) is 11.4 Å². The van der Waals surface area contributed by atoms with Crippen LogP contribution in [0.2, 0.25) is 5.02 Å². The van der Waals surface area contributed by atoms with Gasteiger partial charge in [-0.2, -0.15) is 5.26 Å². The smallest absolute Gasteiger partial charge is 0.255 e. The first-order valence-corrected chi connectivity index (χ1v) is 6.67. The van der Waals surface area contributed by atoms with Crippen molar-refractivity contribution >= 4 is 28.9 Å². The Bertz CT molecular complexity index is 720. The molecular formula is C16H14ClN3O. The SMILES string of the molecule is CN(C)c1cccc(C(=O)Nc2cc(C#N)ccc2Cl)c1. The summed E-state index contributed by atoms with van der Waals surface area (Å²) < 4.78 is 0. The zero-order chi connectivity index (χ0) is 15.4. The summed E-state index contributed by atoms with van der Waals surface area (Å²) in [5.41, 5.74) is 2.33. The number of nitrogens with zero attached hydrogens (tertiary/aromatic N) is 2. The van der Waals surface area contributed by atoms with Gasteiger partial charge in [-0.3, -0.25) is 4.79 Å². The molecule has 0 atom stereocenters. The summed E-state index contributed by atoms with van der Waals surface area (Å²) in [6, 6.07) is 14.0.